The van der Waals surface area contributed by atoms with E-state index in [0.717, 1.165) is 56.9 Å². The van der Waals surface area contributed by atoms with Gasteiger partial charge < -0.3 is 19.7 Å². The fraction of sp³-hybridized carbons (Fsp3) is 0.769. The molecule has 9 nitrogen and oxygen atoms in total. The Labute approximate surface area is 286 Å². The number of fused-ring (bicyclic) bond motifs is 7. The molecule has 0 aliphatic heterocycles. The van der Waals surface area contributed by atoms with Crippen molar-refractivity contribution in [2.75, 3.05) is 0 Å². The molecule has 6 rings (SSSR count). The first-order chi connectivity index (χ1) is 22.4. The average Bonchev–Trinajstić information content (AvgIpc) is 3.58. The molecule has 8 atom stereocenters. The molecule has 0 spiro atoms. The molecular formula is C39H57N3O6. The number of hydrogen-bond donors (Lipinski definition) is 2. The zero-order valence-electron chi connectivity index (χ0n) is 30.4. The number of Topliss-reactive ketones (excluding diaryl/α,β-unsaturated/α-hetero) is 1. The number of aliphatic carboxylic acids is 1. The highest BCUT2D eigenvalue weighted by Crippen LogP contribution is 2.72. The molecule has 5 aliphatic carbocycles. The van der Waals surface area contributed by atoms with Crippen LogP contribution in [0.15, 0.2) is 29.9 Å². The lowest BCUT2D eigenvalue weighted by Gasteiger charge is -2.68. The summed E-state index contributed by atoms with van der Waals surface area (Å²) in [6.45, 7) is 17.1. The van der Waals surface area contributed by atoms with E-state index in [1.807, 2.05) is 0 Å². The Balaban J connectivity index is 1.25. The smallest absolute Gasteiger partial charge is 0.309 e. The maximum absolute atomic E-state index is 13.8. The zero-order chi connectivity index (χ0) is 35.0. The van der Waals surface area contributed by atoms with Crippen molar-refractivity contribution in [3.63, 3.8) is 0 Å². The minimum atomic E-state index is -1.16. The lowest BCUT2D eigenvalue weighted by atomic mass is 9.37. The fourth-order valence-corrected chi connectivity index (χ4v) is 12.1. The molecule has 2 N–H and O–H groups in total. The molecule has 0 aromatic carbocycles. The van der Waals surface area contributed by atoms with E-state index >= 15 is 0 Å². The number of allylic oxidation sites excluding steroid dienone is 1. The summed E-state index contributed by atoms with van der Waals surface area (Å²) < 4.78 is 7.90. The molecule has 48 heavy (non-hydrogen) atoms. The van der Waals surface area contributed by atoms with Crippen LogP contribution in [0.2, 0.25) is 0 Å². The number of carboxylic acids is 1. The first-order valence-electron chi connectivity index (χ1n) is 18.3. The molecule has 1 amide bonds. The van der Waals surface area contributed by atoms with E-state index in [4.69, 9.17) is 4.74 Å². The summed E-state index contributed by atoms with van der Waals surface area (Å²) >= 11 is 0. The molecule has 0 radical (unpaired) electrons. The highest BCUT2D eigenvalue weighted by atomic mass is 16.5. The summed E-state index contributed by atoms with van der Waals surface area (Å²) in [5.41, 5.74) is 0.394. The molecule has 1 aromatic rings. The normalized spacial score (nSPS) is 37.3. The van der Waals surface area contributed by atoms with Crippen LogP contribution in [0.5, 0.6) is 0 Å². The fourth-order valence-electron chi connectivity index (χ4n) is 12.1. The molecule has 264 valence electrons. The van der Waals surface area contributed by atoms with E-state index in [1.165, 1.54) is 5.57 Å². The quantitative estimate of drug-likeness (QED) is 0.295. The molecular weight excluding hydrogens is 606 g/mol. The van der Waals surface area contributed by atoms with Gasteiger partial charge in [-0.2, -0.15) is 0 Å². The second-order valence-corrected chi connectivity index (χ2v) is 18.1. The van der Waals surface area contributed by atoms with Crippen LogP contribution in [0, 0.1) is 51.2 Å². The number of carbonyl (C=O) groups excluding carboxylic acids is 3. The Bertz CT molecular complexity index is 1510. The molecule has 1 heterocycles. The molecule has 9 heteroatoms. The van der Waals surface area contributed by atoms with Crippen molar-refractivity contribution in [1.82, 2.24) is 14.9 Å². The van der Waals surface area contributed by atoms with Crippen LogP contribution < -0.4 is 5.32 Å². The largest absolute Gasteiger partial charge is 0.481 e. The van der Waals surface area contributed by atoms with E-state index in [2.05, 4.69) is 51.8 Å². The monoisotopic (exact) mass is 663 g/mol. The first-order valence-corrected chi connectivity index (χ1v) is 18.3. The van der Waals surface area contributed by atoms with E-state index in [0.29, 0.717) is 24.2 Å². The van der Waals surface area contributed by atoms with Crippen molar-refractivity contribution in [2.24, 2.45) is 51.2 Å². The van der Waals surface area contributed by atoms with Gasteiger partial charge in [0.15, 0.2) is 5.78 Å². The van der Waals surface area contributed by atoms with Gasteiger partial charge in [0.05, 0.1) is 23.7 Å². The Hall–Kier alpha value is -2.97. The van der Waals surface area contributed by atoms with Crippen LogP contribution in [0.4, 0.5) is 0 Å². The number of imidazole rings is 1. The second-order valence-electron chi connectivity index (χ2n) is 18.1. The average molecular weight is 664 g/mol. The number of nitrogens with zero attached hydrogens (tertiary/aromatic N) is 2. The topological polar surface area (TPSA) is 128 Å². The zero-order valence-corrected chi connectivity index (χ0v) is 30.4. The highest BCUT2D eigenvalue weighted by molar-refractivity contribution is 6.02. The summed E-state index contributed by atoms with van der Waals surface area (Å²) in [4.78, 5) is 56.0. The van der Waals surface area contributed by atoms with Crippen LogP contribution >= 0.6 is 0 Å². The van der Waals surface area contributed by atoms with Gasteiger partial charge in [-0.15, -0.1) is 0 Å². The summed E-state index contributed by atoms with van der Waals surface area (Å²) in [5, 5.41) is 13.0. The minimum absolute atomic E-state index is 0.0686. The van der Waals surface area contributed by atoms with E-state index in [-0.39, 0.29) is 58.8 Å². The van der Waals surface area contributed by atoms with Crippen molar-refractivity contribution in [3.8, 4) is 0 Å². The van der Waals surface area contributed by atoms with Gasteiger partial charge in [-0.3, -0.25) is 19.2 Å². The Morgan fingerprint density at radius 1 is 1.02 bits per heavy atom. The number of ether oxygens (including phenoxy) is 1. The van der Waals surface area contributed by atoms with Gasteiger partial charge >= 0.3 is 11.9 Å². The Morgan fingerprint density at radius 3 is 2.38 bits per heavy atom. The Kier molecular flexibility index (Phi) is 8.59. The number of carboxylic acid groups (broad SMARTS) is 1. The molecule has 0 saturated heterocycles. The van der Waals surface area contributed by atoms with Gasteiger partial charge in [-0.05, 0) is 117 Å². The summed E-state index contributed by atoms with van der Waals surface area (Å²) in [5.74, 6) is 0.434. The summed E-state index contributed by atoms with van der Waals surface area (Å²) in [6.07, 6.45) is 12.9. The van der Waals surface area contributed by atoms with Crippen molar-refractivity contribution in [3.05, 3.63) is 29.9 Å². The van der Waals surface area contributed by atoms with Crippen LogP contribution in [0.1, 0.15) is 120 Å². The van der Waals surface area contributed by atoms with Gasteiger partial charge in [-0.1, -0.05) is 41.5 Å². The van der Waals surface area contributed by atoms with Gasteiger partial charge in [0.2, 0.25) is 5.91 Å². The van der Waals surface area contributed by atoms with E-state index in [1.54, 1.807) is 37.1 Å². The highest BCUT2D eigenvalue weighted by Gasteiger charge is 2.67. The minimum Gasteiger partial charge on any atom is -0.481 e. The molecule has 5 aliphatic rings. The third kappa shape index (κ3) is 5.46. The third-order valence-corrected chi connectivity index (χ3v) is 14.2. The van der Waals surface area contributed by atoms with Crippen molar-refractivity contribution in [2.45, 2.75) is 138 Å². The predicted octanol–water partition coefficient (Wildman–Crippen LogP) is 6.76. The number of nitrogens with one attached hydrogen (secondary N) is 1. The molecule has 5 unspecified atom stereocenters. The predicted molar refractivity (Wildman–Crippen MR) is 181 cm³/mol. The molecule has 0 bridgehead atoms. The van der Waals surface area contributed by atoms with Crippen LogP contribution in [-0.4, -0.2) is 49.9 Å². The number of esters is 1. The maximum Gasteiger partial charge on any atom is 0.309 e. The van der Waals surface area contributed by atoms with Gasteiger partial charge in [-0.25, -0.2) is 4.98 Å². The van der Waals surface area contributed by atoms with Crippen LogP contribution in [0.3, 0.4) is 0 Å². The van der Waals surface area contributed by atoms with Gasteiger partial charge in [0, 0.05) is 24.2 Å². The first kappa shape index (κ1) is 34.9. The molecule has 4 saturated carbocycles. The van der Waals surface area contributed by atoms with Gasteiger partial charge in [0.1, 0.15) is 12.6 Å². The SMILES string of the molecule is CC(C)C1=C2C3CCC4C5(C)CC[C@H](OC(=O)CC(C)(C)C(=O)O)C(C)(C)C5CC[C@@]4(C)C3CC[C@@]2(NC(=O)Cn2ccnc2)CC1=O. The van der Waals surface area contributed by atoms with E-state index < -0.39 is 22.9 Å². The number of hydrogen-bond acceptors (Lipinski definition) is 6. The number of aromatic nitrogens is 2. The van der Waals surface area contributed by atoms with Crippen LogP contribution in [0.25, 0.3) is 0 Å². The summed E-state index contributed by atoms with van der Waals surface area (Å²) in [7, 11) is 0. The Morgan fingerprint density at radius 2 is 1.73 bits per heavy atom. The third-order valence-electron chi connectivity index (χ3n) is 14.2. The lowest BCUT2D eigenvalue weighted by Crippen LogP contribution is -2.64. The second kappa shape index (κ2) is 11.8. The summed E-state index contributed by atoms with van der Waals surface area (Å²) in [6, 6.07) is 0. The van der Waals surface area contributed by atoms with Crippen LogP contribution in [-0.2, 0) is 30.5 Å². The van der Waals surface area contributed by atoms with Gasteiger partial charge in [0.25, 0.3) is 0 Å². The maximum atomic E-state index is 13.8. The number of rotatable bonds is 8. The van der Waals surface area contributed by atoms with Crippen molar-refractivity contribution < 1.29 is 29.0 Å². The number of amides is 1. The molecule has 1 aromatic heterocycles. The molecule has 4 fully saturated rings. The van der Waals surface area contributed by atoms with Crippen molar-refractivity contribution in [1.29, 1.82) is 0 Å². The standard InChI is InChI=1S/C39H57N3O6/c1-23(2)32-26(43)19-39(41-30(44)21-42-18-17-40-22-42)16-11-25-24(33(32)39)9-10-28-37(25,7)14-12-27-36(5,6)29(13-15-38(27,28)8)48-31(45)20-35(3,4)34(46)47/h17-18,22-25,27-29H,9-16,19-21H2,1-8H3,(H,41,44)(H,46,47)/t24?,25?,27?,28?,29-,37-,38?,39+/m0/s1. The number of carbonyl (C=O) groups is 4. The lowest BCUT2D eigenvalue weighted by molar-refractivity contribution is -0.213. The van der Waals surface area contributed by atoms with Crippen molar-refractivity contribution >= 4 is 23.6 Å². The number of ketones is 1. The van der Waals surface area contributed by atoms with E-state index in [9.17, 15) is 24.3 Å².